The lowest BCUT2D eigenvalue weighted by atomic mass is 10.1. The SMILES string of the molecule is [CH2]c1ccc(SCCOC(=O)C=C)c(SCCOC(=O)C=C)c1[CH2]. The van der Waals surface area contributed by atoms with Crippen molar-refractivity contribution in [1.29, 1.82) is 0 Å². The van der Waals surface area contributed by atoms with Gasteiger partial charge in [-0.3, -0.25) is 0 Å². The molecule has 0 fully saturated rings. The third-order valence-corrected chi connectivity index (χ3v) is 5.09. The van der Waals surface area contributed by atoms with E-state index in [1.165, 1.54) is 0 Å². The summed E-state index contributed by atoms with van der Waals surface area (Å²) in [5.41, 5.74) is 1.70. The fourth-order valence-corrected chi connectivity index (χ4v) is 3.66. The Labute approximate surface area is 151 Å². The lowest BCUT2D eigenvalue weighted by molar-refractivity contribution is -0.138. The van der Waals surface area contributed by atoms with Gasteiger partial charge >= 0.3 is 11.9 Å². The molecule has 128 valence electrons. The van der Waals surface area contributed by atoms with Crippen LogP contribution in [-0.4, -0.2) is 36.7 Å². The van der Waals surface area contributed by atoms with Crippen molar-refractivity contribution in [2.24, 2.45) is 0 Å². The highest BCUT2D eigenvalue weighted by Crippen LogP contribution is 2.35. The molecule has 0 atom stereocenters. The zero-order valence-electron chi connectivity index (χ0n) is 13.4. The molecular weight excluding hydrogens is 344 g/mol. The van der Waals surface area contributed by atoms with Crippen LogP contribution in [0.2, 0.25) is 0 Å². The van der Waals surface area contributed by atoms with Crippen molar-refractivity contribution in [3.63, 3.8) is 0 Å². The van der Waals surface area contributed by atoms with Crippen LogP contribution in [-0.2, 0) is 19.1 Å². The number of ether oxygens (including phenoxy) is 2. The van der Waals surface area contributed by atoms with E-state index in [1.807, 2.05) is 12.1 Å². The Balaban J connectivity index is 2.62. The minimum Gasteiger partial charge on any atom is -0.462 e. The van der Waals surface area contributed by atoms with E-state index in [0.717, 1.165) is 33.1 Å². The first-order chi connectivity index (χ1) is 11.5. The summed E-state index contributed by atoms with van der Waals surface area (Å²) in [7, 11) is 0. The number of benzene rings is 1. The van der Waals surface area contributed by atoms with Crippen LogP contribution in [0.25, 0.3) is 0 Å². The van der Waals surface area contributed by atoms with Crippen molar-refractivity contribution in [2.75, 3.05) is 24.7 Å². The predicted molar refractivity (Wildman–Crippen MR) is 99.1 cm³/mol. The molecule has 1 aromatic rings. The molecule has 1 aromatic carbocycles. The van der Waals surface area contributed by atoms with Crippen molar-refractivity contribution in [1.82, 2.24) is 0 Å². The van der Waals surface area contributed by atoms with Gasteiger partial charge in [0.1, 0.15) is 13.2 Å². The maximum Gasteiger partial charge on any atom is 0.330 e. The largest absolute Gasteiger partial charge is 0.462 e. The molecule has 0 aliphatic carbocycles. The van der Waals surface area contributed by atoms with Crippen molar-refractivity contribution in [2.45, 2.75) is 9.79 Å². The summed E-state index contributed by atoms with van der Waals surface area (Å²) in [5.74, 6) is 0.356. The van der Waals surface area contributed by atoms with Crippen LogP contribution in [0, 0.1) is 13.8 Å². The Morgan fingerprint density at radius 3 is 2.04 bits per heavy atom. The minimum atomic E-state index is -0.435. The molecule has 0 aliphatic rings. The molecule has 1 rings (SSSR count). The van der Waals surface area contributed by atoms with E-state index in [2.05, 4.69) is 27.0 Å². The third-order valence-electron chi connectivity index (χ3n) is 2.81. The second-order valence-electron chi connectivity index (χ2n) is 4.47. The molecule has 0 aromatic heterocycles. The van der Waals surface area contributed by atoms with Crippen LogP contribution in [0.5, 0.6) is 0 Å². The first-order valence-electron chi connectivity index (χ1n) is 7.14. The molecule has 0 bridgehead atoms. The summed E-state index contributed by atoms with van der Waals surface area (Å²) < 4.78 is 9.94. The van der Waals surface area contributed by atoms with Gasteiger partial charge in [-0.1, -0.05) is 19.2 Å². The van der Waals surface area contributed by atoms with Gasteiger partial charge in [0, 0.05) is 33.4 Å². The van der Waals surface area contributed by atoms with Gasteiger partial charge in [0.2, 0.25) is 0 Å². The number of rotatable bonds is 10. The molecule has 0 spiro atoms. The summed E-state index contributed by atoms with van der Waals surface area (Å²) in [5, 5.41) is 0. The van der Waals surface area contributed by atoms with E-state index < -0.39 is 11.9 Å². The van der Waals surface area contributed by atoms with Gasteiger partial charge in [0.05, 0.1) is 0 Å². The number of carbonyl (C=O) groups excluding carboxylic acids is 2. The molecule has 0 saturated carbocycles. The highest BCUT2D eigenvalue weighted by Gasteiger charge is 2.10. The first kappa shape index (κ1) is 20.4. The molecule has 0 unspecified atom stereocenters. The zero-order chi connectivity index (χ0) is 17.9. The topological polar surface area (TPSA) is 52.6 Å². The Morgan fingerprint density at radius 1 is 0.958 bits per heavy atom. The van der Waals surface area contributed by atoms with Crippen molar-refractivity contribution >= 4 is 35.5 Å². The molecule has 0 amide bonds. The number of esters is 2. The van der Waals surface area contributed by atoms with Gasteiger partial charge in [0.15, 0.2) is 0 Å². The van der Waals surface area contributed by atoms with E-state index in [-0.39, 0.29) is 6.61 Å². The fourth-order valence-electron chi connectivity index (χ4n) is 1.62. The van der Waals surface area contributed by atoms with E-state index >= 15 is 0 Å². The Bertz CT molecular complexity index is 611. The maximum absolute atomic E-state index is 11.0. The van der Waals surface area contributed by atoms with E-state index in [4.69, 9.17) is 9.47 Å². The van der Waals surface area contributed by atoms with Crippen molar-refractivity contribution < 1.29 is 19.1 Å². The van der Waals surface area contributed by atoms with Gasteiger partial charge in [0.25, 0.3) is 0 Å². The molecule has 0 N–H and O–H groups in total. The third kappa shape index (κ3) is 6.84. The van der Waals surface area contributed by atoms with Crippen LogP contribution in [0.1, 0.15) is 11.1 Å². The molecule has 0 heterocycles. The number of thioether (sulfide) groups is 2. The van der Waals surface area contributed by atoms with Crippen LogP contribution < -0.4 is 0 Å². The number of carbonyl (C=O) groups is 2. The second-order valence-corrected chi connectivity index (χ2v) is 6.71. The number of hydrogen-bond donors (Lipinski definition) is 0. The van der Waals surface area contributed by atoms with Crippen LogP contribution >= 0.6 is 23.5 Å². The predicted octanol–water partition coefficient (Wildman–Crippen LogP) is 3.69. The monoisotopic (exact) mass is 364 g/mol. The zero-order valence-corrected chi connectivity index (χ0v) is 15.0. The quantitative estimate of drug-likeness (QED) is 0.273. The van der Waals surface area contributed by atoms with Crippen LogP contribution in [0.4, 0.5) is 0 Å². The lowest BCUT2D eigenvalue weighted by Crippen LogP contribution is -2.05. The fraction of sp³-hybridized carbons (Fsp3) is 0.222. The summed E-state index contributed by atoms with van der Waals surface area (Å²) in [6, 6.07) is 3.87. The highest BCUT2D eigenvalue weighted by atomic mass is 32.2. The van der Waals surface area contributed by atoms with Gasteiger partial charge in [-0.05, 0) is 31.0 Å². The normalized spacial score (nSPS) is 10.1. The van der Waals surface area contributed by atoms with Crippen molar-refractivity contribution in [3.8, 4) is 0 Å². The van der Waals surface area contributed by atoms with E-state index in [0.29, 0.717) is 18.1 Å². The molecule has 6 heteroatoms. The van der Waals surface area contributed by atoms with Gasteiger partial charge in [-0.2, -0.15) is 0 Å². The summed E-state index contributed by atoms with van der Waals surface area (Å²) in [6.45, 7) is 15.3. The Hall–Kier alpha value is -1.66. The van der Waals surface area contributed by atoms with E-state index in [1.54, 1.807) is 23.5 Å². The average Bonchev–Trinajstić information content (AvgIpc) is 2.59. The summed E-state index contributed by atoms with van der Waals surface area (Å²) >= 11 is 3.12. The molecule has 0 saturated heterocycles. The molecule has 2 radical (unpaired) electrons. The Morgan fingerprint density at radius 2 is 1.50 bits per heavy atom. The summed E-state index contributed by atoms with van der Waals surface area (Å²) in [6.07, 6.45) is 2.28. The van der Waals surface area contributed by atoms with Crippen LogP contribution in [0.15, 0.2) is 47.2 Å². The van der Waals surface area contributed by atoms with Gasteiger partial charge < -0.3 is 9.47 Å². The lowest BCUT2D eigenvalue weighted by Gasteiger charge is -2.14. The highest BCUT2D eigenvalue weighted by molar-refractivity contribution is 8.02. The van der Waals surface area contributed by atoms with Gasteiger partial charge in [-0.25, -0.2) is 9.59 Å². The van der Waals surface area contributed by atoms with Crippen LogP contribution in [0.3, 0.4) is 0 Å². The van der Waals surface area contributed by atoms with Gasteiger partial charge in [-0.15, -0.1) is 23.5 Å². The smallest absolute Gasteiger partial charge is 0.330 e. The molecule has 0 aliphatic heterocycles. The average molecular weight is 364 g/mol. The number of hydrogen-bond acceptors (Lipinski definition) is 6. The second kappa shape index (κ2) is 11.0. The molecule has 4 nitrogen and oxygen atoms in total. The maximum atomic E-state index is 11.0. The molecular formula is C18H20O4S2. The van der Waals surface area contributed by atoms with E-state index in [9.17, 15) is 9.59 Å². The standard InChI is InChI=1S/C18H20O4S2/c1-5-16(19)21-9-11-23-15-8-7-13(3)14(4)18(15)24-12-10-22-17(20)6-2/h5-8H,1-4,9-12H2. The first-order valence-corrected chi connectivity index (χ1v) is 9.11. The van der Waals surface area contributed by atoms with Crippen molar-refractivity contribution in [3.05, 3.63) is 62.4 Å². The molecule has 24 heavy (non-hydrogen) atoms. The summed E-state index contributed by atoms with van der Waals surface area (Å²) in [4.78, 5) is 24.1. The minimum absolute atomic E-state index is 0.289. The Kier molecular flexibility index (Phi) is 9.34.